The number of β-lactam (4-membered cyclic amide) rings is 2. The van der Waals surface area contributed by atoms with Crippen LogP contribution in [0.1, 0.15) is 20.3 Å². The number of likely N-dealkylation sites (N-methyl/N-ethyl adjacent to an activating group) is 1. The molecule has 3 aliphatic rings. The van der Waals surface area contributed by atoms with Crippen molar-refractivity contribution in [1.29, 1.82) is 0 Å². The maximum absolute atomic E-state index is 13.0. The van der Waals surface area contributed by atoms with Crippen molar-refractivity contribution in [1.82, 2.24) is 14.7 Å². The minimum Gasteiger partial charge on any atom is -0.391 e. The monoisotopic (exact) mass is 399 g/mol. The lowest BCUT2D eigenvalue weighted by Gasteiger charge is -2.55. The molecular weight excluding hydrogens is 370 g/mol. The summed E-state index contributed by atoms with van der Waals surface area (Å²) in [6.07, 6.45) is -3.22. The molecule has 0 radical (unpaired) electrons. The molecule has 0 aromatic heterocycles. The van der Waals surface area contributed by atoms with Gasteiger partial charge in [-0.05, 0) is 27.3 Å². The zero-order valence-corrected chi connectivity index (χ0v) is 16.3. The minimum absolute atomic E-state index is 0.225. The van der Waals surface area contributed by atoms with E-state index >= 15 is 0 Å². The number of amides is 3. The molecule has 11 nitrogen and oxygen atoms in total. The molecule has 0 bridgehead atoms. The number of carbonyl (C=O) groups is 3. The fourth-order valence-electron chi connectivity index (χ4n) is 5.14. The van der Waals surface area contributed by atoms with Gasteiger partial charge in [-0.15, -0.1) is 0 Å². The average molecular weight is 399 g/mol. The van der Waals surface area contributed by atoms with Gasteiger partial charge < -0.3 is 36.6 Å². The van der Waals surface area contributed by atoms with Crippen LogP contribution in [0.25, 0.3) is 0 Å². The minimum atomic E-state index is -1.38. The number of aliphatic hydroxyl groups excluding tert-OH is 3. The number of hydrogen-bond acceptors (Lipinski definition) is 8. The maximum atomic E-state index is 13.0. The summed E-state index contributed by atoms with van der Waals surface area (Å²) >= 11 is 0. The molecule has 3 rings (SSSR count). The zero-order chi connectivity index (χ0) is 21.2. The summed E-state index contributed by atoms with van der Waals surface area (Å²) in [5, 5.41) is 29.4. The van der Waals surface area contributed by atoms with E-state index in [4.69, 9.17) is 11.5 Å². The van der Waals surface area contributed by atoms with Gasteiger partial charge in [0.05, 0.1) is 23.7 Å². The van der Waals surface area contributed by atoms with E-state index in [1.54, 1.807) is 7.05 Å². The predicted octanol–water partition coefficient (Wildman–Crippen LogP) is -4.01. The molecule has 0 aromatic carbocycles. The van der Waals surface area contributed by atoms with Gasteiger partial charge in [-0.3, -0.25) is 19.3 Å². The molecule has 3 aliphatic heterocycles. The van der Waals surface area contributed by atoms with E-state index in [9.17, 15) is 29.7 Å². The van der Waals surface area contributed by atoms with Crippen LogP contribution in [0.15, 0.2) is 0 Å². The summed E-state index contributed by atoms with van der Waals surface area (Å²) in [6.45, 7) is 3.64. The lowest BCUT2D eigenvalue weighted by atomic mass is 9.70. The van der Waals surface area contributed by atoms with Crippen molar-refractivity contribution in [2.75, 3.05) is 26.7 Å². The summed E-state index contributed by atoms with van der Waals surface area (Å²) < 4.78 is 0. The number of nitrogens with two attached hydrogens (primary N) is 2. The van der Waals surface area contributed by atoms with Crippen molar-refractivity contribution < 1.29 is 29.7 Å². The quantitative estimate of drug-likeness (QED) is 0.222. The molecule has 3 unspecified atom stereocenters. The zero-order valence-electron chi connectivity index (χ0n) is 16.3. The second kappa shape index (κ2) is 6.63. The van der Waals surface area contributed by atoms with E-state index in [0.717, 1.165) is 0 Å². The largest absolute Gasteiger partial charge is 0.391 e. The normalized spacial score (nSPS) is 35.5. The summed E-state index contributed by atoms with van der Waals surface area (Å²) in [5.74, 6) is -1.38. The molecule has 3 fully saturated rings. The number of aliphatic hydroxyl groups is 3. The van der Waals surface area contributed by atoms with Gasteiger partial charge in [0, 0.05) is 19.6 Å². The Morgan fingerprint density at radius 2 is 1.64 bits per heavy atom. The summed E-state index contributed by atoms with van der Waals surface area (Å²) in [7, 11) is 1.75. The van der Waals surface area contributed by atoms with Crippen LogP contribution in [-0.4, -0.2) is 110 Å². The van der Waals surface area contributed by atoms with E-state index < -0.39 is 47.4 Å². The highest BCUT2D eigenvalue weighted by molar-refractivity contribution is 5.99. The van der Waals surface area contributed by atoms with Gasteiger partial charge in [0.25, 0.3) is 0 Å². The Morgan fingerprint density at radius 1 is 1.04 bits per heavy atom. The molecule has 3 saturated heterocycles. The fraction of sp³-hybridized carbons (Fsp3) is 0.824. The first kappa shape index (κ1) is 20.9. The standard InChI is InChI=1S/C17H29N5O6/c1-8(23)10(12(18)25)21-6-16(14(21)27)4-17(20(3)5-16)7-22(15(17)28)11(9(2)24)13(19)26/h8-11,13,23-24,26H,4-7,19H2,1-3H3,(H2,18,25)/t8-,9-,10+,11+,13?,16?,17?/m1/s1. The van der Waals surface area contributed by atoms with E-state index in [2.05, 4.69) is 0 Å². The third-order valence-corrected chi connectivity index (χ3v) is 6.47. The Hall–Kier alpha value is -1.79. The lowest BCUT2D eigenvalue weighted by molar-refractivity contribution is -0.176. The highest BCUT2D eigenvalue weighted by Crippen LogP contribution is 2.52. The van der Waals surface area contributed by atoms with Crippen molar-refractivity contribution >= 4 is 17.7 Å². The second-order valence-electron chi connectivity index (χ2n) is 8.52. The second-order valence-corrected chi connectivity index (χ2v) is 8.52. The molecule has 3 heterocycles. The van der Waals surface area contributed by atoms with Crippen molar-refractivity contribution in [3.05, 3.63) is 0 Å². The van der Waals surface area contributed by atoms with E-state index in [1.165, 1.54) is 23.6 Å². The number of hydrogen-bond donors (Lipinski definition) is 5. The lowest BCUT2D eigenvalue weighted by Crippen LogP contribution is -2.76. The highest BCUT2D eigenvalue weighted by Gasteiger charge is 2.71. The SMILES string of the molecule is C[C@@H](O)[C@@H](C(N)=O)N1CC2(CN(C)C3(CN([C@H](C(N)O)[C@@H](C)O)C3=O)C2)C1=O. The first-order chi connectivity index (χ1) is 12.9. The van der Waals surface area contributed by atoms with Crippen LogP contribution in [0.5, 0.6) is 0 Å². The molecular formula is C17H29N5O6. The maximum Gasteiger partial charge on any atom is 0.245 e. The number of likely N-dealkylation sites (tertiary alicyclic amines) is 3. The smallest absolute Gasteiger partial charge is 0.245 e. The van der Waals surface area contributed by atoms with E-state index in [-0.39, 0.29) is 31.3 Å². The third-order valence-electron chi connectivity index (χ3n) is 6.47. The fourth-order valence-corrected chi connectivity index (χ4v) is 5.14. The van der Waals surface area contributed by atoms with Crippen LogP contribution in [0.3, 0.4) is 0 Å². The van der Waals surface area contributed by atoms with Crippen LogP contribution in [0.2, 0.25) is 0 Å². The molecule has 0 saturated carbocycles. The highest BCUT2D eigenvalue weighted by atomic mass is 16.3. The molecule has 7 atom stereocenters. The molecule has 0 aromatic rings. The van der Waals surface area contributed by atoms with Crippen LogP contribution < -0.4 is 11.5 Å². The first-order valence-corrected chi connectivity index (χ1v) is 9.30. The average Bonchev–Trinajstić information content (AvgIpc) is 2.89. The Bertz CT molecular complexity index is 692. The van der Waals surface area contributed by atoms with Gasteiger partial charge in [-0.1, -0.05) is 0 Å². The van der Waals surface area contributed by atoms with Crippen LogP contribution >= 0.6 is 0 Å². The van der Waals surface area contributed by atoms with Gasteiger partial charge in [0.1, 0.15) is 17.8 Å². The molecule has 7 N–H and O–H groups in total. The van der Waals surface area contributed by atoms with Crippen molar-refractivity contribution in [3.63, 3.8) is 0 Å². The third kappa shape index (κ3) is 2.72. The first-order valence-electron chi connectivity index (χ1n) is 9.30. The van der Waals surface area contributed by atoms with Gasteiger partial charge in [-0.2, -0.15) is 0 Å². The Balaban J connectivity index is 1.75. The van der Waals surface area contributed by atoms with Crippen LogP contribution in [0, 0.1) is 5.41 Å². The number of carbonyl (C=O) groups excluding carboxylic acids is 3. The van der Waals surface area contributed by atoms with Crippen molar-refractivity contribution in [3.8, 4) is 0 Å². The molecule has 28 heavy (non-hydrogen) atoms. The number of primary amides is 1. The Morgan fingerprint density at radius 3 is 2.04 bits per heavy atom. The van der Waals surface area contributed by atoms with E-state index in [1.807, 2.05) is 4.90 Å². The topological polar surface area (TPSA) is 174 Å². The Kier molecular flexibility index (Phi) is 4.96. The molecule has 11 heteroatoms. The van der Waals surface area contributed by atoms with Gasteiger partial charge in [-0.25, -0.2) is 0 Å². The summed E-state index contributed by atoms with van der Waals surface area (Å²) in [4.78, 5) is 41.9. The van der Waals surface area contributed by atoms with Gasteiger partial charge in [0.2, 0.25) is 17.7 Å². The number of rotatable bonds is 6. The molecule has 2 spiro atoms. The van der Waals surface area contributed by atoms with Gasteiger partial charge in [0.15, 0.2) is 0 Å². The summed E-state index contributed by atoms with van der Waals surface area (Å²) in [6, 6.07) is -2.02. The molecule has 0 aliphatic carbocycles. The van der Waals surface area contributed by atoms with Gasteiger partial charge >= 0.3 is 0 Å². The number of nitrogens with zero attached hydrogens (tertiary/aromatic N) is 3. The summed E-state index contributed by atoms with van der Waals surface area (Å²) in [5.41, 5.74) is 9.11. The Labute approximate surface area is 162 Å². The predicted molar refractivity (Wildman–Crippen MR) is 96.2 cm³/mol. The van der Waals surface area contributed by atoms with Crippen molar-refractivity contribution in [2.45, 2.75) is 56.3 Å². The molecule has 3 amide bonds. The van der Waals surface area contributed by atoms with Crippen LogP contribution in [0.4, 0.5) is 0 Å². The van der Waals surface area contributed by atoms with Crippen molar-refractivity contribution in [2.24, 2.45) is 16.9 Å². The molecule has 158 valence electrons. The van der Waals surface area contributed by atoms with Crippen LogP contribution in [-0.2, 0) is 14.4 Å². The van der Waals surface area contributed by atoms with E-state index in [0.29, 0.717) is 6.54 Å².